The predicted molar refractivity (Wildman–Crippen MR) is 68.7 cm³/mol. The Labute approximate surface area is 120 Å². The van der Waals surface area contributed by atoms with Crippen molar-refractivity contribution in [3.8, 4) is 17.2 Å². The lowest BCUT2D eigenvalue weighted by Gasteiger charge is -2.01. The summed E-state index contributed by atoms with van der Waals surface area (Å²) in [6.45, 7) is 3.26. The minimum absolute atomic E-state index is 0.289. The topological polar surface area (TPSA) is 132 Å². The molecule has 2 heterocycles. The van der Waals surface area contributed by atoms with E-state index in [2.05, 4.69) is 0 Å². The van der Waals surface area contributed by atoms with Gasteiger partial charge in [-0.05, 0) is 12.1 Å². The number of rotatable bonds is 5. The Hall–Kier alpha value is -2.03. The first-order chi connectivity index (χ1) is 9.97. The van der Waals surface area contributed by atoms with Crippen LogP contribution in [0.5, 0.6) is 17.2 Å². The van der Waals surface area contributed by atoms with Crippen molar-refractivity contribution in [2.45, 2.75) is 12.2 Å². The number of ether oxygens (including phenoxy) is 3. The molecule has 2 aliphatic rings. The van der Waals surface area contributed by atoms with Crippen LogP contribution in [-0.4, -0.2) is 65.0 Å². The highest BCUT2D eigenvalue weighted by atomic mass is 16.6. The second-order valence-electron chi connectivity index (χ2n) is 4.62. The second kappa shape index (κ2) is 6.61. The van der Waals surface area contributed by atoms with Crippen LogP contribution in [0.3, 0.4) is 0 Å². The van der Waals surface area contributed by atoms with Crippen molar-refractivity contribution in [3.63, 3.8) is 0 Å². The summed E-state index contributed by atoms with van der Waals surface area (Å²) in [6, 6.07) is 1.69. The number of aromatic carboxylic acids is 1. The summed E-state index contributed by atoms with van der Waals surface area (Å²) in [6.07, 6.45) is 0.785. The minimum atomic E-state index is -1.29. The van der Waals surface area contributed by atoms with Crippen molar-refractivity contribution in [3.05, 3.63) is 17.7 Å². The number of carbonyl (C=O) groups is 1. The molecule has 2 unspecified atom stereocenters. The number of carboxylic acids is 1. The fourth-order valence-corrected chi connectivity index (χ4v) is 1.39. The molecule has 0 saturated carbocycles. The van der Waals surface area contributed by atoms with Gasteiger partial charge in [0, 0.05) is 0 Å². The molecule has 3 rings (SSSR count). The summed E-state index contributed by atoms with van der Waals surface area (Å²) in [5.41, 5.74) is -0.289. The summed E-state index contributed by atoms with van der Waals surface area (Å²) in [7, 11) is 0. The number of epoxide rings is 2. The van der Waals surface area contributed by atoms with Crippen LogP contribution in [0.15, 0.2) is 12.1 Å². The zero-order valence-electron chi connectivity index (χ0n) is 11.1. The molecule has 8 nitrogen and oxygen atoms in total. The average Bonchev–Trinajstić information content (AvgIpc) is 3.30. The van der Waals surface area contributed by atoms with Crippen molar-refractivity contribution in [1.82, 2.24) is 0 Å². The summed E-state index contributed by atoms with van der Waals surface area (Å²) in [4.78, 5) is 10.3. The highest BCUT2D eigenvalue weighted by Crippen LogP contribution is 2.35. The Balaban J connectivity index is 0.000000159. The molecule has 1 aromatic rings. The number of hydrogen-bond acceptors (Lipinski definition) is 7. The van der Waals surface area contributed by atoms with Crippen LogP contribution in [0.2, 0.25) is 0 Å². The van der Waals surface area contributed by atoms with E-state index in [1.165, 1.54) is 0 Å². The van der Waals surface area contributed by atoms with Gasteiger partial charge in [-0.3, -0.25) is 0 Å². The number of phenolic OH excluding ortho intramolecular Hbond substituents is 3. The van der Waals surface area contributed by atoms with Gasteiger partial charge in [-0.15, -0.1) is 0 Å². The Bertz CT molecular complexity index is 472. The van der Waals surface area contributed by atoms with Crippen LogP contribution in [-0.2, 0) is 14.2 Å². The van der Waals surface area contributed by atoms with Gasteiger partial charge in [0.25, 0.3) is 0 Å². The number of aromatic hydroxyl groups is 3. The maximum atomic E-state index is 10.3. The quantitative estimate of drug-likeness (QED) is 0.451. The lowest BCUT2D eigenvalue weighted by molar-refractivity contribution is 0.0696. The van der Waals surface area contributed by atoms with Crippen LogP contribution in [0.25, 0.3) is 0 Å². The van der Waals surface area contributed by atoms with Gasteiger partial charge in [0.15, 0.2) is 17.2 Å². The van der Waals surface area contributed by atoms with Crippen molar-refractivity contribution in [2.75, 3.05) is 26.4 Å². The predicted octanol–water partition coefficient (Wildman–Crippen LogP) is 0.302. The van der Waals surface area contributed by atoms with Gasteiger partial charge in [0.1, 0.15) is 12.2 Å². The fraction of sp³-hybridized carbons (Fsp3) is 0.462. The summed E-state index contributed by atoms with van der Waals surface area (Å²) in [5, 5.41) is 35.0. The van der Waals surface area contributed by atoms with E-state index in [0.29, 0.717) is 12.2 Å². The molecule has 2 saturated heterocycles. The summed E-state index contributed by atoms with van der Waals surface area (Å²) >= 11 is 0. The summed E-state index contributed by atoms with van der Waals surface area (Å²) < 4.78 is 15.1. The van der Waals surface area contributed by atoms with Crippen molar-refractivity contribution >= 4 is 5.97 Å². The zero-order valence-corrected chi connectivity index (χ0v) is 11.1. The lowest BCUT2D eigenvalue weighted by Crippen LogP contribution is -2.06. The van der Waals surface area contributed by atoms with Crippen molar-refractivity contribution in [1.29, 1.82) is 0 Å². The molecule has 2 atom stereocenters. The number of phenols is 3. The molecule has 0 spiro atoms. The van der Waals surface area contributed by atoms with Gasteiger partial charge in [0.05, 0.1) is 32.0 Å². The SMILES string of the molecule is C(OCC1CO1)C1CO1.O=C(O)c1cc(O)c(O)c(O)c1. The number of hydrogen-bond donors (Lipinski definition) is 4. The molecule has 21 heavy (non-hydrogen) atoms. The Morgan fingerprint density at radius 2 is 1.52 bits per heavy atom. The smallest absolute Gasteiger partial charge is 0.335 e. The molecule has 1 aromatic carbocycles. The molecule has 0 amide bonds. The molecular weight excluding hydrogens is 284 g/mol. The van der Waals surface area contributed by atoms with E-state index in [1.54, 1.807) is 0 Å². The Morgan fingerprint density at radius 3 is 1.86 bits per heavy atom. The Morgan fingerprint density at radius 1 is 1.10 bits per heavy atom. The van der Waals surface area contributed by atoms with E-state index < -0.39 is 23.2 Å². The maximum Gasteiger partial charge on any atom is 0.335 e. The van der Waals surface area contributed by atoms with Crippen LogP contribution in [0.4, 0.5) is 0 Å². The first-order valence-electron chi connectivity index (χ1n) is 6.26. The van der Waals surface area contributed by atoms with Gasteiger partial charge < -0.3 is 34.6 Å². The molecule has 8 heteroatoms. The van der Waals surface area contributed by atoms with E-state index >= 15 is 0 Å². The van der Waals surface area contributed by atoms with Gasteiger partial charge in [-0.25, -0.2) is 4.79 Å². The minimum Gasteiger partial charge on any atom is -0.504 e. The van der Waals surface area contributed by atoms with Crippen LogP contribution in [0, 0.1) is 0 Å². The highest BCUT2D eigenvalue weighted by molar-refractivity contribution is 5.89. The first-order valence-corrected chi connectivity index (χ1v) is 6.26. The molecular formula is C13H16O8. The third-order valence-corrected chi connectivity index (χ3v) is 2.73. The molecule has 0 radical (unpaired) electrons. The first kappa shape index (κ1) is 15.4. The molecule has 0 aromatic heterocycles. The fourth-order valence-electron chi connectivity index (χ4n) is 1.39. The van der Waals surface area contributed by atoms with Crippen molar-refractivity contribution in [2.24, 2.45) is 0 Å². The van der Waals surface area contributed by atoms with E-state index in [9.17, 15) is 4.79 Å². The molecule has 0 bridgehead atoms. The van der Waals surface area contributed by atoms with Gasteiger partial charge in [0.2, 0.25) is 0 Å². The van der Waals surface area contributed by atoms with E-state index in [4.69, 9.17) is 34.6 Å². The zero-order chi connectivity index (χ0) is 15.4. The van der Waals surface area contributed by atoms with E-state index in [0.717, 1.165) is 38.6 Å². The molecule has 2 fully saturated rings. The molecule has 0 aliphatic carbocycles. The monoisotopic (exact) mass is 300 g/mol. The van der Waals surface area contributed by atoms with Gasteiger partial charge in [-0.1, -0.05) is 0 Å². The van der Waals surface area contributed by atoms with E-state index in [-0.39, 0.29) is 5.56 Å². The highest BCUT2D eigenvalue weighted by Gasteiger charge is 2.26. The largest absolute Gasteiger partial charge is 0.504 e. The van der Waals surface area contributed by atoms with Crippen LogP contribution < -0.4 is 0 Å². The number of carboxylic acid groups (broad SMARTS) is 1. The normalized spacial score (nSPS) is 22.1. The van der Waals surface area contributed by atoms with Gasteiger partial charge >= 0.3 is 5.97 Å². The van der Waals surface area contributed by atoms with Crippen LogP contribution in [0.1, 0.15) is 10.4 Å². The average molecular weight is 300 g/mol. The standard InChI is InChI=1S/C7H6O5.C6H10O3/c8-4-1-3(7(11)12)2-5(9)6(4)10;1(5-3-8-5)7-2-6-4-9-6/h1-2,8-10H,(H,11,12);5-6H,1-4H2. The molecule has 2 aliphatic heterocycles. The third kappa shape index (κ3) is 5.10. The maximum absolute atomic E-state index is 10.3. The third-order valence-electron chi connectivity index (χ3n) is 2.73. The second-order valence-corrected chi connectivity index (χ2v) is 4.62. The lowest BCUT2D eigenvalue weighted by atomic mass is 10.2. The molecule has 116 valence electrons. The van der Waals surface area contributed by atoms with Crippen LogP contribution >= 0.6 is 0 Å². The Kier molecular flexibility index (Phi) is 4.84. The molecule has 4 N–H and O–H groups in total. The van der Waals surface area contributed by atoms with E-state index in [1.807, 2.05) is 0 Å². The number of benzene rings is 1. The van der Waals surface area contributed by atoms with Crippen molar-refractivity contribution < 1.29 is 39.4 Å². The van der Waals surface area contributed by atoms with Gasteiger partial charge in [-0.2, -0.15) is 0 Å². The summed E-state index contributed by atoms with van der Waals surface area (Å²) in [5.74, 6) is -3.33.